The lowest BCUT2D eigenvalue weighted by atomic mass is 10.0. The van der Waals surface area contributed by atoms with Crippen molar-refractivity contribution >= 4 is 18.3 Å². The first-order valence-corrected chi connectivity index (χ1v) is 7.36. The van der Waals surface area contributed by atoms with Crippen LogP contribution in [-0.4, -0.2) is 34.6 Å². The fourth-order valence-corrected chi connectivity index (χ4v) is 2.66. The van der Waals surface area contributed by atoms with Crippen molar-refractivity contribution < 1.29 is 13.6 Å². The minimum absolute atomic E-state index is 0. The first-order valence-electron chi connectivity index (χ1n) is 7.36. The number of amides is 1. The van der Waals surface area contributed by atoms with Gasteiger partial charge in [-0.05, 0) is 18.4 Å². The van der Waals surface area contributed by atoms with Crippen LogP contribution in [0.5, 0.6) is 0 Å². The highest BCUT2D eigenvalue weighted by molar-refractivity contribution is 5.85. The smallest absolute Gasteiger partial charge is 0.269 e. The van der Waals surface area contributed by atoms with E-state index in [4.69, 9.17) is 0 Å². The molecule has 1 saturated heterocycles. The number of aryl methyl sites for hydroxylation is 1. The van der Waals surface area contributed by atoms with Gasteiger partial charge in [-0.25, -0.2) is 13.9 Å². The lowest BCUT2D eigenvalue weighted by Crippen LogP contribution is -2.41. The molecule has 0 saturated carbocycles. The second-order valence-electron chi connectivity index (χ2n) is 5.38. The van der Waals surface area contributed by atoms with Crippen molar-refractivity contribution in [1.82, 2.24) is 20.8 Å². The van der Waals surface area contributed by atoms with Crippen LogP contribution in [0, 0.1) is 0 Å². The van der Waals surface area contributed by atoms with E-state index in [9.17, 15) is 18.4 Å². The lowest BCUT2D eigenvalue weighted by Gasteiger charge is -2.14. The fourth-order valence-electron chi connectivity index (χ4n) is 2.66. The Labute approximate surface area is 138 Å². The normalized spacial score (nSPS) is 19.2. The molecule has 0 radical (unpaired) electrons. The van der Waals surface area contributed by atoms with Crippen molar-refractivity contribution in [2.24, 2.45) is 0 Å². The lowest BCUT2D eigenvalue weighted by molar-refractivity contribution is -0.123. The Hall–Kier alpha value is -1.54. The summed E-state index contributed by atoms with van der Waals surface area (Å²) < 4.78 is 26.2. The van der Waals surface area contributed by atoms with Crippen LogP contribution in [0.2, 0.25) is 0 Å². The van der Waals surface area contributed by atoms with Crippen molar-refractivity contribution in [3.63, 3.8) is 0 Å². The number of aromatic amines is 1. The van der Waals surface area contributed by atoms with E-state index in [1.165, 1.54) is 0 Å². The number of hydrogen-bond donors (Lipinski definition) is 3. The molecule has 1 aliphatic rings. The number of nitrogens with zero attached hydrogens (tertiary/aromatic N) is 1. The summed E-state index contributed by atoms with van der Waals surface area (Å²) in [6.07, 6.45) is 0.759. The van der Waals surface area contributed by atoms with Crippen LogP contribution in [0.3, 0.4) is 0 Å². The highest BCUT2D eigenvalue weighted by atomic mass is 35.5. The molecule has 23 heavy (non-hydrogen) atoms. The summed E-state index contributed by atoms with van der Waals surface area (Å²) in [6, 6.07) is -0.924. The maximum atomic E-state index is 13.1. The van der Waals surface area contributed by atoms with Gasteiger partial charge in [0.15, 0.2) is 0 Å². The standard InChI is InChI=1S/C14H20F2N4O2.ClH/c1-3-8-9(12(21)20-19-10(8)4-2)6-17-13(22)11-5-14(15,16)7-18-11;/h11,18H,3-7H2,1-2H3,(H,17,22)(H,20,21);1H. The number of rotatable bonds is 5. The Morgan fingerprint density at radius 2 is 2.04 bits per heavy atom. The molecule has 0 bridgehead atoms. The van der Waals surface area contributed by atoms with Gasteiger partial charge in [0, 0.05) is 18.5 Å². The van der Waals surface area contributed by atoms with Crippen molar-refractivity contribution in [3.05, 3.63) is 27.2 Å². The third-order valence-electron chi connectivity index (χ3n) is 3.83. The van der Waals surface area contributed by atoms with E-state index in [0.717, 1.165) is 11.3 Å². The van der Waals surface area contributed by atoms with Gasteiger partial charge in [0.1, 0.15) is 0 Å². The zero-order valence-corrected chi connectivity index (χ0v) is 13.9. The predicted molar refractivity (Wildman–Crippen MR) is 84.1 cm³/mol. The molecule has 2 rings (SSSR count). The topological polar surface area (TPSA) is 86.9 Å². The van der Waals surface area contributed by atoms with Crippen LogP contribution >= 0.6 is 12.4 Å². The highest BCUT2D eigenvalue weighted by Gasteiger charge is 2.42. The summed E-state index contributed by atoms with van der Waals surface area (Å²) in [7, 11) is 0. The number of halogens is 3. The molecule has 2 heterocycles. The first-order chi connectivity index (χ1) is 10.4. The van der Waals surface area contributed by atoms with Gasteiger partial charge in [0.25, 0.3) is 11.5 Å². The van der Waals surface area contributed by atoms with E-state index in [1.54, 1.807) is 0 Å². The molecule has 6 nitrogen and oxygen atoms in total. The monoisotopic (exact) mass is 350 g/mol. The van der Waals surface area contributed by atoms with Crippen molar-refractivity contribution in [3.8, 4) is 0 Å². The van der Waals surface area contributed by atoms with Gasteiger partial charge in [0.2, 0.25) is 5.91 Å². The van der Waals surface area contributed by atoms with Gasteiger partial charge in [-0.1, -0.05) is 13.8 Å². The minimum atomic E-state index is -2.86. The Balaban J connectivity index is 0.00000264. The van der Waals surface area contributed by atoms with Gasteiger partial charge in [-0.15, -0.1) is 12.4 Å². The van der Waals surface area contributed by atoms with Crippen LogP contribution in [0.25, 0.3) is 0 Å². The van der Waals surface area contributed by atoms with E-state index in [2.05, 4.69) is 20.8 Å². The number of H-pyrrole nitrogens is 1. The van der Waals surface area contributed by atoms with E-state index in [0.29, 0.717) is 18.4 Å². The second-order valence-corrected chi connectivity index (χ2v) is 5.38. The maximum absolute atomic E-state index is 13.1. The van der Waals surface area contributed by atoms with Crippen molar-refractivity contribution in [1.29, 1.82) is 0 Å². The third-order valence-corrected chi connectivity index (χ3v) is 3.83. The van der Waals surface area contributed by atoms with Crippen LogP contribution in [0.1, 0.15) is 37.1 Å². The molecule has 1 aliphatic heterocycles. The molecule has 0 aromatic carbocycles. The zero-order chi connectivity index (χ0) is 16.3. The molecule has 1 fully saturated rings. The molecule has 0 spiro atoms. The number of hydrogen-bond acceptors (Lipinski definition) is 4. The van der Waals surface area contributed by atoms with E-state index in [1.807, 2.05) is 13.8 Å². The Morgan fingerprint density at radius 1 is 1.35 bits per heavy atom. The van der Waals surface area contributed by atoms with Crippen LogP contribution < -0.4 is 16.2 Å². The van der Waals surface area contributed by atoms with E-state index in [-0.39, 0.29) is 24.5 Å². The summed E-state index contributed by atoms with van der Waals surface area (Å²) in [5.41, 5.74) is 1.65. The molecule has 9 heteroatoms. The third kappa shape index (κ3) is 4.48. The molecule has 0 aliphatic carbocycles. The van der Waals surface area contributed by atoms with Crippen molar-refractivity contribution in [2.45, 2.75) is 51.6 Å². The molecule has 1 aromatic heterocycles. The summed E-state index contributed by atoms with van der Waals surface area (Å²) in [6.45, 7) is 3.34. The van der Waals surface area contributed by atoms with Crippen LogP contribution in [-0.2, 0) is 24.2 Å². The largest absolute Gasteiger partial charge is 0.350 e. The molecule has 130 valence electrons. The Kier molecular flexibility index (Phi) is 6.64. The van der Waals surface area contributed by atoms with E-state index >= 15 is 0 Å². The summed E-state index contributed by atoms with van der Waals surface area (Å²) >= 11 is 0. The predicted octanol–water partition coefficient (Wildman–Crippen LogP) is 0.930. The first kappa shape index (κ1) is 19.5. The molecule has 1 amide bonds. The number of carbonyl (C=O) groups excluding carboxylic acids is 1. The van der Waals surface area contributed by atoms with Gasteiger partial charge in [-0.3, -0.25) is 14.9 Å². The molecule has 1 aromatic rings. The average molecular weight is 351 g/mol. The molecular formula is C14H21ClF2N4O2. The maximum Gasteiger partial charge on any atom is 0.269 e. The molecule has 1 atom stereocenters. The van der Waals surface area contributed by atoms with Crippen LogP contribution in [0.15, 0.2) is 4.79 Å². The quantitative estimate of drug-likeness (QED) is 0.737. The number of nitrogens with one attached hydrogen (secondary N) is 3. The molecular weight excluding hydrogens is 330 g/mol. The van der Waals surface area contributed by atoms with Gasteiger partial charge >= 0.3 is 0 Å². The zero-order valence-electron chi connectivity index (χ0n) is 13.0. The Bertz CT molecular complexity index is 621. The van der Waals surface area contributed by atoms with Gasteiger partial charge < -0.3 is 5.32 Å². The summed E-state index contributed by atoms with van der Waals surface area (Å²) in [5.74, 6) is -3.38. The Morgan fingerprint density at radius 3 is 2.57 bits per heavy atom. The number of aromatic nitrogens is 2. The second kappa shape index (κ2) is 7.83. The molecule has 1 unspecified atom stereocenters. The highest BCUT2D eigenvalue weighted by Crippen LogP contribution is 2.25. The number of carbonyl (C=O) groups is 1. The van der Waals surface area contributed by atoms with Crippen molar-refractivity contribution in [2.75, 3.05) is 6.54 Å². The van der Waals surface area contributed by atoms with Crippen LogP contribution in [0.4, 0.5) is 8.78 Å². The SMILES string of the molecule is CCc1n[nH]c(=O)c(CNC(=O)C2CC(F)(F)CN2)c1CC.Cl. The van der Waals surface area contributed by atoms with Gasteiger partial charge in [-0.2, -0.15) is 5.10 Å². The summed E-state index contributed by atoms with van der Waals surface area (Å²) in [4.78, 5) is 23.8. The van der Waals surface area contributed by atoms with E-state index < -0.39 is 30.8 Å². The summed E-state index contributed by atoms with van der Waals surface area (Å²) in [5, 5.41) is 11.4. The minimum Gasteiger partial charge on any atom is -0.350 e. The fraction of sp³-hybridized carbons (Fsp3) is 0.643. The van der Waals surface area contributed by atoms with Gasteiger partial charge in [0.05, 0.1) is 18.3 Å². The molecule has 3 N–H and O–H groups in total. The number of alkyl halides is 2. The average Bonchev–Trinajstić information content (AvgIpc) is 2.85.